The quantitative estimate of drug-likeness (QED) is 0.649. The van der Waals surface area contributed by atoms with Crippen molar-refractivity contribution in [3.05, 3.63) is 23.8 Å². The Hall–Kier alpha value is -2.22. The molecule has 19 heavy (non-hydrogen) atoms. The largest absolute Gasteiger partial charge is 0.462 e. The average Bonchev–Trinajstić information content (AvgIpc) is 2.38. The molecular formula is C14H19N3O2. The second-order valence-corrected chi connectivity index (χ2v) is 4.32. The number of nitrogens with zero attached hydrogens (tertiary/aromatic N) is 2. The van der Waals surface area contributed by atoms with Crippen molar-refractivity contribution in [2.45, 2.75) is 26.3 Å². The summed E-state index contributed by atoms with van der Waals surface area (Å²) in [6, 6.07) is 7.23. The third kappa shape index (κ3) is 3.62. The predicted octanol–water partition coefficient (Wildman–Crippen LogP) is 2.18. The molecule has 0 radical (unpaired) electrons. The van der Waals surface area contributed by atoms with E-state index in [1.807, 2.05) is 18.9 Å². The lowest BCUT2D eigenvalue weighted by Crippen LogP contribution is -2.30. The molecule has 0 bridgehead atoms. The predicted molar refractivity (Wildman–Crippen MR) is 74.9 cm³/mol. The zero-order valence-corrected chi connectivity index (χ0v) is 11.5. The number of nitrogen functional groups attached to an aromatic ring is 1. The van der Waals surface area contributed by atoms with E-state index in [1.54, 1.807) is 25.1 Å². The van der Waals surface area contributed by atoms with Gasteiger partial charge in [0, 0.05) is 18.8 Å². The number of ether oxygens (including phenoxy) is 1. The Morgan fingerprint density at radius 1 is 1.58 bits per heavy atom. The highest BCUT2D eigenvalue weighted by atomic mass is 16.5. The van der Waals surface area contributed by atoms with Gasteiger partial charge in [0.2, 0.25) is 0 Å². The highest BCUT2D eigenvalue weighted by Gasteiger charge is 2.19. The maximum Gasteiger partial charge on any atom is 0.340 e. The third-order valence-electron chi connectivity index (χ3n) is 2.94. The molecule has 0 aliphatic carbocycles. The number of nitriles is 1. The van der Waals surface area contributed by atoms with Crippen LogP contribution in [-0.2, 0) is 4.74 Å². The van der Waals surface area contributed by atoms with Gasteiger partial charge < -0.3 is 15.4 Å². The molecule has 1 aromatic carbocycles. The van der Waals surface area contributed by atoms with Gasteiger partial charge >= 0.3 is 5.97 Å². The Morgan fingerprint density at radius 3 is 2.84 bits per heavy atom. The van der Waals surface area contributed by atoms with Crippen molar-refractivity contribution in [3.8, 4) is 6.07 Å². The van der Waals surface area contributed by atoms with Gasteiger partial charge in [-0.25, -0.2) is 4.79 Å². The minimum absolute atomic E-state index is 0.00167. The van der Waals surface area contributed by atoms with Crippen molar-refractivity contribution in [1.29, 1.82) is 5.26 Å². The van der Waals surface area contributed by atoms with Crippen molar-refractivity contribution < 1.29 is 9.53 Å². The molecular weight excluding hydrogens is 242 g/mol. The standard InChI is InChI=1S/C14H19N3O2/c1-4-19-14(18)12-9-11(16)5-6-13(12)17(3)10(2)7-8-15/h5-6,9-10H,4,7,16H2,1-3H3. The van der Waals surface area contributed by atoms with Crippen LogP contribution in [0.5, 0.6) is 0 Å². The molecule has 2 N–H and O–H groups in total. The zero-order chi connectivity index (χ0) is 14.4. The van der Waals surface area contributed by atoms with Crippen LogP contribution in [-0.4, -0.2) is 25.7 Å². The first-order valence-electron chi connectivity index (χ1n) is 6.17. The summed E-state index contributed by atoms with van der Waals surface area (Å²) < 4.78 is 5.03. The van der Waals surface area contributed by atoms with Gasteiger partial charge in [-0.2, -0.15) is 5.26 Å². The SMILES string of the molecule is CCOC(=O)c1cc(N)ccc1N(C)C(C)CC#N. The number of hydrogen-bond donors (Lipinski definition) is 1. The van der Waals surface area contributed by atoms with Crippen LogP contribution in [0.3, 0.4) is 0 Å². The van der Waals surface area contributed by atoms with E-state index in [0.29, 0.717) is 24.3 Å². The number of carbonyl (C=O) groups is 1. The molecule has 5 nitrogen and oxygen atoms in total. The Morgan fingerprint density at radius 2 is 2.26 bits per heavy atom. The molecule has 0 fully saturated rings. The first-order valence-corrected chi connectivity index (χ1v) is 6.17. The van der Waals surface area contributed by atoms with E-state index < -0.39 is 5.97 Å². The van der Waals surface area contributed by atoms with Gasteiger partial charge in [-0.3, -0.25) is 0 Å². The number of hydrogen-bond acceptors (Lipinski definition) is 5. The highest BCUT2D eigenvalue weighted by molar-refractivity contribution is 5.97. The summed E-state index contributed by atoms with van der Waals surface area (Å²) in [6.07, 6.45) is 0.378. The molecule has 1 aromatic rings. The van der Waals surface area contributed by atoms with E-state index in [-0.39, 0.29) is 6.04 Å². The van der Waals surface area contributed by atoms with Crippen molar-refractivity contribution >= 4 is 17.3 Å². The summed E-state index contributed by atoms with van der Waals surface area (Å²) in [7, 11) is 1.84. The van der Waals surface area contributed by atoms with Crippen LogP contribution in [0.1, 0.15) is 30.6 Å². The molecule has 1 rings (SSSR count). The third-order valence-corrected chi connectivity index (χ3v) is 2.94. The van der Waals surface area contributed by atoms with Gasteiger partial charge in [0.25, 0.3) is 0 Å². The van der Waals surface area contributed by atoms with Gasteiger partial charge in [0.05, 0.1) is 30.3 Å². The topological polar surface area (TPSA) is 79.3 Å². The highest BCUT2D eigenvalue weighted by Crippen LogP contribution is 2.25. The second kappa shape index (κ2) is 6.64. The van der Waals surface area contributed by atoms with Crippen LogP contribution in [0.4, 0.5) is 11.4 Å². The Balaban J connectivity index is 3.13. The molecule has 0 heterocycles. The molecule has 102 valence electrons. The number of esters is 1. The average molecular weight is 261 g/mol. The number of nitrogens with two attached hydrogens (primary N) is 1. The number of benzene rings is 1. The lowest BCUT2D eigenvalue weighted by Gasteiger charge is -2.27. The summed E-state index contributed by atoms with van der Waals surface area (Å²) in [5.74, 6) is -0.402. The van der Waals surface area contributed by atoms with Gasteiger partial charge in [-0.05, 0) is 32.0 Å². The Labute approximate surface area is 113 Å². The minimum Gasteiger partial charge on any atom is -0.462 e. The number of anilines is 2. The smallest absolute Gasteiger partial charge is 0.340 e. The Bertz CT molecular complexity index is 494. The molecule has 0 saturated heterocycles. The monoisotopic (exact) mass is 261 g/mol. The van der Waals surface area contributed by atoms with Gasteiger partial charge in [0.1, 0.15) is 0 Å². The van der Waals surface area contributed by atoms with Gasteiger partial charge in [-0.1, -0.05) is 0 Å². The summed E-state index contributed by atoms with van der Waals surface area (Å²) in [6.45, 7) is 3.99. The van der Waals surface area contributed by atoms with Gasteiger partial charge in [-0.15, -0.1) is 0 Å². The first-order chi connectivity index (χ1) is 9.01. The lowest BCUT2D eigenvalue weighted by atomic mass is 10.1. The van der Waals surface area contributed by atoms with E-state index in [9.17, 15) is 4.79 Å². The van der Waals surface area contributed by atoms with Crippen LogP contribution >= 0.6 is 0 Å². The fraction of sp³-hybridized carbons (Fsp3) is 0.429. The maximum atomic E-state index is 11.9. The van der Waals surface area contributed by atoms with E-state index in [0.717, 1.165) is 5.69 Å². The second-order valence-electron chi connectivity index (χ2n) is 4.32. The molecule has 0 aliphatic rings. The molecule has 0 aromatic heterocycles. The minimum atomic E-state index is -0.402. The van der Waals surface area contributed by atoms with Crippen molar-refractivity contribution in [3.63, 3.8) is 0 Å². The lowest BCUT2D eigenvalue weighted by molar-refractivity contribution is 0.0527. The maximum absolute atomic E-state index is 11.9. The molecule has 1 atom stereocenters. The van der Waals surface area contributed by atoms with Crippen molar-refractivity contribution in [1.82, 2.24) is 0 Å². The Kier molecular flexibility index (Phi) is 5.19. The molecule has 0 aliphatic heterocycles. The van der Waals surface area contributed by atoms with E-state index in [1.165, 1.54) is 0 Å². The summed E-state index contributed by atoms with van der Waals surface area (Å²) >= 11 is 0. The fourth-order valence-electron chi connectivity index (χ4n) is 1.74. The van der Waals surface area contributed by atoms with Crippen molar-refractivity contribution in [2.24, 2.45) is 0 Å². The van der Waals surface area contributed by atoms with E-state index in [4.69, 9.17) is 15.7 Å². The van der Waals surface area contributed by atoms with E-state index in [2.05, 4.69) is 6.07 Å². The fourth-order valence-corrected chi connectivity index (χ4v) is 1.74. The van der Waals surface area contributed by atoms with Crippen LogP contribution in [0.25, 0.3) is 0 Å². The molecule has 5 heteroatoms. The summed E-state index contributed by atoms with van der Waals surface area (Å²) in [5, 5.41) is 8.75. The molecule has 0 spiro atoms. The van der Waals surface area contributed by atoms with E-state index >= 15 is 0 Å². The zero-order valence-electron chi connectivity index (χ0n) is 11.5. The molecule has 0 amide bonds. The van der Waals surface area contributed by atoms with Crippen LogP contribution < -0.4 is 10.6 Å². The van der Waals surface area contributed by atoms with Crippen LogP contribution in [0.15, 0.2) is 18.2 Å². The number of rotatable bonds is 5. The molecule has 0 saturated carbocycles. The van der Waals surface area contributed by atoms with Crippen LogP contribution in [0.2, 0.25) is 0 Å². The summed E-state index contributed by atoms with van der Waals surface area (Å²) in [5.41, 5.74) is 7.37. The van der Waals surface area contributed by atoms with Crippen molar-refractivity contribution in [2.75, 3.05) is 24.3 Å². The normalized spacial score (nSPS) is 11.5. The number of carbonyl (C=O) groups excluding carboxylic acids is 1. The first kappa shape index (κ1) is 14.8. The molecule has 1 unspecified atom stereocenters. The summed E-state index contributed by atoms with van der Waals surface area (Å²) in [4.78, 5) is 13.8. The van der Waals surface area contributed by atoms with Crippen LogP contribution in [0, 0.1) is 11.3 Å². The van der Waals surface area contributed by atoms with Gasteiger partial charge in [0.15, 0.2) is 0 Å².